The van der Waals surface area contributed by atoms with Crippen LogP contribution in [0.1, 0.15) is 53.4 Å². The van der Waals surface area contributed by atoms with Crippen molar-refractivity contribution in [1.82, 2.24) is 0 Å². The zero-order valence-electron chi connectivity index (χ0n) is 11.4. The highest BCUT2D eigenvalue weighted by molar-refractivity contribution is 6.23. The van der Waals surface area contributed by atoms with E-state index in [1.165, 1.54) is 0 Å². The molecular weight excluding hydrogens is 240 g/mol. The lowest BCUT2D eigenvalue weighted by Gasteiger charge is -2.30. The molecule has 0 aromatic carbocycles. The first-order chi connectivity index (χ1) is 7.68. The highest BCUT2D eigenvalue weighted by atomic mass is 35.5. The van der Waals surface area contributed by atoms with E-state index in [0.29, 0.717) is 19.3 Å². The van der Waals surface area contributed by atoms with E-state index in [4.69, 9.17) is 11.6 Å². The smallest absolute Gasteiger partial charge is 0.0585 e. The highest BCUT2D eigenvalue weighted by Crippen LogP contribution is 2.31. The maximum absolute atomic E-state index is 10.1. The highest BCUT2D eigenvalue weighted by Gasteiger charge is 2.30. The number of halogens is 1. The third-order valence-corrected chi connectivity index (χ3v) is 3.38. The van der Waals surface area contributed by atoms with Gasteiger partial charge in [0.25, 0.3) is 0 Å². The van der Waals surface area contributed by atoms with Crippen LogP contribution in [-0.4, -0.2) is 38.5 Å². The number of hydrogen-bond acceptors (Lipinski definition) is 3. The molecule has 0 amide bonds. The van der Waals surface area contributed by atoms with Gasteiger partial charge in [-0.1, -0.05) is 13.3 Å². The van der Waals surface area contributed by atoms with Gasteiger partial charge >= 0.3 is 0 Å². The van der Waals surface area contributed by atoms with Crippen molar-refractivity contribution in [2.24, 2.45) is 5.92 Å². The van der Waals surface area contributed by atoms with Crippen molar-refractivity contribution in [2.45, 2.75) is 76.6 Å². The van der Waals surface area contributed by atoms with Crippen LogP contribution >= 0.6 is 11.6 Å². The molecule has 0 spiro atoms. The molecule has 4 unspecified atom stereocenters. The second kappa shape index (κ2) is 7.57. The van der Waals surface area contributed by atoms with Gasteiger partial charge in [0.15, 0.2) is 0 Å². The fraction of sp³-hybridized carbons (Fsp3) is 1.00. The molecule has 0 aliphatic rings. The van der Waals surface area contributed by atoms with Crippen molar-refractivity contribution in [3.8, 4) is 0 Å². The predicted molar refractivity (Wildman–Crippen MR) is 71.3 cm³/mol. The van der Waals surface area contributed by atoms with Crippen molar-refractivity contribution >= 4 is 11.6 Å². The van der Waals surface area contributed by atoms with Crippen LogP contribution in [0.4, 0.5) is 0 Å². The fourth-order valence-corrected chi connectivity index (χ4v) is 2.72. The minimum Gasteiger partial charge on any atom is -0.393 e. The van der Waals surface area contributed by atoms with Crippen LogP contribution in [-0.2, 0) is 0 Å². The van der Waals surface area contributed by atoms with E-state index in [1.54, 1.807) is 13.8 Å². The van der Waals surface area contributed by atoms with Gasteiger partial charge in [0.1, 0.15) is 0 Å². The van der Waals surface area contributed by atoms with Crippen LogP contribution in [0.25, 0.3) is 0 Å². The molecule has 4 heteroatoms. The van der Waals surface area contributed by atoms with Crippen LogP contribution in [0.3, 0.4) is 0 Å². The summed E-state index contributed by atoms with van der Waals surface area (Å²) in [5.74, 6) is 0.0575. The Kier molecular flexibility index (Phi) is 7.65. The van der Waals surface area contributed by atoms with Gasteiger partial charge in [-0.2, -0.15) is 0 Å². The van der Waals surface area contributed by atoms with Crippen molar-refractivity contribution in [3.05, 3.63) is 0 Å². The summed E-state index contributed by atoms with van der Waals surface area (Å²) in [6.45, 7) is 7.25. The largest absolute Gasteiger partial charge is 0.393 e. The first-order valence-electron chi connectivity index (χ1n) is 6.41. The predicted octanol–water partition coefficient (Wildman–Crippen LogP) is 2.30. The third-order valence-electron chi connectivity index (χ3n) is 3.07. The van der Waals surface area contributed by atoms with Gasteiger partial charge in [-0.15, -0.1) is 11.6 Å². The molecule has 0 rings (SSSR count). The van der Waals surface area contributed by atoms with Gasteiger partial charge in [-0.25, -0.2) is 0 Å². The minimum absolute atomic E-state index is 0.0575. The molecule has 0 radical (unpaired) electrons. The van der Waals surface area contributed by atoms with E-state index >= 15 is 0 Å². The van der Waals surface area contributed by atoms with Crippen molar-refractivity contribution in [2.75, 3.05) is 0 Å². The zero-order valence-corrected chi connectivity index (χ0v) is 12.1. The van der Waals surface area contributed by atoms with Gasteiger partial charge in [-0.3, -0.25) is 0 Å². The molecule has 0 heterocycles. The van der Waals surface area contributed by atoms with E-state index in [0.717, 1.165) is 6.42 Å². The second-order valence-corrected chi connectivity index (χ2v) is 6.40. The average molecular weight is 267 g/mol. The summed E-state index contributed by atoms with van der Waals surface area (Å²) >= 11 is 6.28. The number of hydrogen-bond donors (Lipinski definition) is 3. The molecule has 0 saturated heterocycles. The Morgan fingerprint density at radius 1 is 1.06 bits per heavy atom. The van der Waals surface area contributed by atoms with E-state index in [9.17, 15) is 15.3 Å². The molecule has 0 aliphatic heterocycles. The number of alkyl halides is 1. The summed E-state index contributed by atoms with van der Waals surface area (Å²) < 4.78 is 0. The molecule has 17 heavy (non-hydrogen) atoms. The van der Waals surface area contributed by atoms with Crippen molar-refractivity contribution in [1.29, 1.82) is 0 Å². The number of rotatable bonds is 8. The maximum atomic E-state index is 10.1. The van der Waals surface area contributed by atoms with Gasteiger partial charge in [0, 0.05) is 4.87 Å². The van der Waals surface area contributed by atoms with Crippen molar-refractivity contribution < 1.29 is 15.3 Å². The molecule has 3 nitrogen and oxygen atoms in total. The average Bonchev–Trinajstić information content (AvgIpc) is 2.10. The first kappa shape index (κ1) is 17.2. The number of aliphatic hydroxyl groups is 3. The normalized spacial score (nSPS) is 22.6. The lowest BCUT2D eigenvalue weighted by molar-refractivity contribution is 0.0471. The summed E-state index contributed by atoms with van der Waals surface area (Å²) in [6, 6.07) is 0. The summed E-state index contributed by atoms with van der Waals surface area (Å²) in [6.07, 6.45) is 0.874. The van der Waals surface area contributed by atoms with Gasteiger partial charge in [-0.05, 0) is 46.0 Å². The van der Waals surface area contributed by atoms with Crippen LogP contribution in [0.2, 0.25) is 0 Å². The molecular formula is C13H27ClO3. The lowest BCUT2D eigenvalue weighted by atomic mass is 9.86. The van der Waals surface area contributed by atoms with E-state index < -0.39 is 23.2 Å². The Morgan fingerprint density at radius 3 is 1.94 bits per heavy atom. The summed E-state index contributed by atoms with van der Waals surface area (Å²) in [4.78, 5) is -0.598. The van der Waals surface area contributed by atoms with Crippen LogP contribution in [0.15, 0.2) is 0 Å². The Hall–Kier alpha value is 0.170. The molecule has 5 atom stereocenters. The summed E-state index contributed by atoms with van der Waals surface area (Å²) in [7, 11) is 0. The Balaban J connectivity index is 4.33. The van der Waals surface area contributed by atoms with Crippen LogP contribution in [0.5, 0.6) is 0 Å². The molecule has 0 bridgehead atoms. The van der Waals surface area contributed by atoms with Gasteiger partial charge in [0.05, 0.1) is 18.3 Å². The monoisotopic (exact) mass is 266 g/mol. The molecule has 0 fully saturated rings. The molecule has 0 aliphatic carbocycles. The standard InChI is InChI=1S/C13H27ClO3/c1-5-11(6-9(2)15)12(17)8-13(4,14)7-10(3)16/h9-12,15-17H,5-8H2,1-4H3/t9?,10?,11?,12-,13?/m1/s1. The van der Waals surface area contributed by atoms with Crippen LogP contribution in [0, 0.1) is 5.92 Å². The first-order valence-corrected chi connectivity index (χ1v) is 6.79. The number of aliphatic hydroxyl groups excluding tert-OH is 3. The summed E-state index contributed by atoms with van der Waals surface area (Å²) in [5, 5.41) is 28.8. The maximum Gasteiger partial charge on any atom is 0.0585 e. The molecule has 0 aromatic rings. The van der Waals surface area contributed by atoms with E-state index in [-0.39, 0.29) is 5.92 Å². The quantitative estimate of drug-likeness (QED) is 0.591. The second-order valence-electron chi connectivity index (χ2n) is 5.49. The third kappa shape index (κ3) is 7.98. The molecule has 3 N–H and O–H groups in total. The molecule has 104 valence electrons. The van der Waals surface area contributed by atoms with Gasteiger partial charge < -0.3 is 15.3 Å². The molecule has 0 aromatic heterocycles. The summed E-state index contributed by atoms with van der Waals surface area (Å²) in [5.41, 5.74) is 0. The van der Waals surface area contributed by atoms with Crippen LogP contribution < -0.4 is 0 Å². The van der Waals surface area contributed by atoms with E-state index in [1.807, 2.05) is 13.8 Å². The Morgan fingerprint density at radius 2 is 1.59 bits per heavy atom. The Labute approximate surface area is 110 Å². The Bertz CT molecular complexity index is 205. The van der Waals surface area contributed by atoms with Crippen molar-refractivity contribution in [3.63, 3.8) is 0 Å². The van der Waals surface area contributed by atoms with Gasteiger partial charge in [0.2, 0.25) is 0 Å². The lowest BCUT2D eigenvalue weighted by Crippen LogP contribution is -2.33. The SMILES string of the molecule is CCC(CC(C)O)[C@H](O)CC(C)(Cl)CC(C)O. The minimum atomic E-state index is -0.598. The fourth-order valence-electron chi connectivity index (χ4n) is 2.34. The van der Waals surface area contributed by atoms with E-state index in [2.05, 4.69) is 0 Å². The zero-order chi connectivity index (χ0) is 13.6. The molecule has 0 saturated carbocycles. The topological polar surface area (TPSA) is 60.7 Å².